The highest BCUT2D eigenvalue weighted by atomic mass is 32.2. The second-order valence-electron chi connectivity index (χ2n) is 9.09. The van der Waals surface area contributed by atoms with Crippen molar-refractivity contribution in [2.75, 3.05) is 40.4 Å². The molecule has 0 unspecified atom stereocenters. The number of hydrogen-bond acceptors (Lipinski definition) is 5. The van der Waals surface area contributed by atoms with Gasteiger partial charge in [-0.1, -0.05) is 32.9 Å². The molecule has 2 aromatic rings. The zero-order valence-corrected chi connectivity index (χ0v) is 20.3. The van der Waals surface area contributed by atoms with E-state index in [0.29, 0.717) is 36.8 Å². The third kappa shape index (κ3) is 5.22. The summed E-state index contributed by atoms with van der Waals surface area (Å²) in [4.78, 5) is 2.65. The van der Waals surface area contributed by atoms with Crippen LogP contribution in [0.4, 0.5) is 0 Å². The summed E-state index contributed by atoms with van der Waals surface area (Å²) in [6, 6.07) is 11.3. The smallest absolute Gasteiger partial charge is 0.243 e. The minimum atomic E-state index is -3.48. The van der Waals surface area contributed by atoms with Crippen molar-refractivity contribution in [1.82, 2.24) is 9.21 Å². The summed E-state index contributed by atoms with van der Waals surface area (Å²) in [7, 11) is -0.212. The molecular formula is C24H34N2O4S. The van der Waals surface area contributed by atoms with Gasteiger partial charge >= 0.3 is 0 Å². The first kappa shape index (κ1) is 23.6. The Kier molecular flexibility index (Phi) is 6.98. The average Bonchev–Trinajstić information content (AvgIpc) is 2.74. The molecule has 0 saturated carbocycles. The molecule has 0 bridgehead atoms. The van der Waals surface area contributed by atoms with E-state index >= 15 is 0 Å². The van der Waals surface area contributed by atoms with Gasteiger partial charge in [0.05, 0.1) is 19.1 Å². The van der Waals surface area contributed by atoms with Crippen molar-refractivity contribution in [3.8, 4) is 11.5 Å². The van der Waals surface area contributed by atoms with E-state index in [1.807, 2.05) is 24.3 Å². The van der Waals surface area contributed by atoms with Crippen LogP contribution in [0.25, 0.3) is 0 Å². The maximum absolute atomic E-state index is 13.1. The molecule has 1 aliphatic heterocycles. The molecular weight excluding hydrogens is 412 g/mol. The van der Waals surface area contributed by atoms with Crippen molar-refractivity contribution in [2.45, 2.75) is 44.6 Å². The summed E-state index contributed by atoms with van der Waals surface area (Å²) >= 11 is 0. The highest BCUT2D eigenvalue weighted by molar-refractivity contribution is 7.89. The number of ether oxygens (including phenoxy) is 2. The lowest BCUT2D eigenvalue weighted by atomic mass is 9.87. The lowest BCUT2D eigenvalue weighted by Crippen LogP contribution is -2.48. The summed E-state index contributed by atoms with van der Waals surface area (Å²) in [6.45, 7) is 11.5. The molecule has 0 amide bonds. The molecule has 1 saturated heterocycles. The van der Waals surface area contributed by atoms with Crippen molar-refractivity contribution in [1.29, 1.82) is 0 Å². The van der Waals surface area contributed by atoms with Gasteiger partial charge < -0.3 is 9.47 Å². The topological polar surface area (TPSA) is 59.1 Å². The van der Waals surface area contributed by atoms with Gasteiger partial charge in [0.15, 0.2) is 11.5 Å². The molecule has 0 atom stereocenters. The van der Waals surface area contributed by atoms with Gasteiger partial charge in [0.25, 0.3) is 0 Å². The molecule has 1 aliphatic rings. The molecule has 6 nitrogen and oxygen atoms in total. The van der Waals surface area contributed by atoms with Crippen LogP contribution in [0.1, 0.15) is 37.5 Å². The zero-order chi connectivity index (χ0) is 22.8. The number of piperazine rings is 1. The van der Waals surface area contributed by atoms with E-state index in [1.165, 1.54) is 0 Å². The summed E-state index contributed by atoms with van der Waals surface area (Å²) in [5.41, 5.74) is 3.41. The molecule has 31 heavy (non-hydrogen) atoms. The van der Waals surface area contributed by atoms with Crippen molar-refractivity contribution >= 4 is 10.0 Å². The van der Waals surface area contributed by atoms with Gasteiger partial charge in [-0.05, 0) is 53.3 Å². The fourth-order valence-electron chi connectivity index (χ4n) is 3.84. The number of benzene rings is 2. The van der Waals surface area contributed by atoms with Gasteiger partial charge in [-0.25, -0.2) is 8.42 Å². The Morgan fingerprint density at radius 1 is 0.903 bits per heavy atom. The van der Waals surface area contributed by atoms with Gasteiger partial charge in [0.2, 0.25) is 10.0 Å². The third-order valence-corrected chi connectivity index (χ3v) is 7.84. The van der Waals surface area contributed by atoms with Crippen LogP contribution in [0.15, 0.2) is 41.3 Å². The van der Waals surface area contributed by atoms with Crippen LogP contribution in [-0.2, 0) is 22.0 Å². The fourth-order valence-corrected chi connectivity index (χ4v) is 5.26. The van der Waals surface area contributed by atoms with E-state index in [-0.39, 0.29) is 5.41 Å². The molecule has 0 aliphatic carbocycles. The maximum Gasteiger partial charge on any atom is 0.243 e. The minimum absolute atomic E-state index is 0.00378. The normalized spacial score (nSPS) is 16.3. The maximum atomic E-state index is 13.1. The van der Waals surface area contributed by atoms with E-state index in [0.717, 1.165) is 29.0 Å². The number of rotatable bonds is 6. The van der Waals surface area contributed by atoms with Gasteiger partial charge in [-0.2, -0.15) is 4.31 Å². The number of nitrogens with zero attached hydrogens (tertiary/aromatic N) is 2. The quantitative estimate of drug-likeness (QED) is 0.675. The molecule has 170 valence electrons. The average molecular weight is 447 g/mol. The Hall–Kier alpha value is -2.09. The van der Waals surface area contributed by atoms with E-state index in [4.69, 9.17) is 9.47 Å². The highest BCUT2D eigenvalue weighted by Crippen LogP contribution is 2.31. The Morgan fingerprint density at radius 2 is 1.45 bits per heavy atom. The molecule has 0 aromatic heterocycles. The molecule has 0 radical (unpaired) electrons. The van der Waals surface area contributed by atoms with Crippen LogP contribution >= 0.6 is 0 Å². The minimum Gasteiger partial charge on any atom is -0.493 e. The number of hydrogen-bond donors (Lipinski definition) is 0. The van der Waals surface area contributed by atoms with E-state index in [1.54, 1.807) is 30.7 Å². The van der Waals surface area contributed by atoms with Crippen molar-refractivity contribution in [3.63, 3.8) is 0 Å². The van der Waals surface area contributed by atoms with E-state index in [2.05, 4.69) is 32.6 Å². The van der Waals surface area contributed by atoms with Crippen LogP contribution in [0, 0.1) is 6.92 Å². The van der Waals surface area contributed by atoms with Crippen molar-refractivity contribution < 1.29 is 17.9 Å². The lowest BCUT2D eigenvalue weighted by molar-refractivity contribution is 0.181. The summed E-state index contributed by atoms with van der Waals surface area (Å²) in [5.74, 6) is 1.43. The largest absolute Gasteiger partial charge is 0.493 e. The van der Waals surface area contributed by atoms with E-state index < -0.39 is 10.0 Å². The van der Waals surface area contributed by atoms with Crippen LogP contribution < -0.4 is 9.47 Å². The molecule has 1 heterocycles. The Bertz CT molecular complexity index is 1000. The monoisotopic (exact) mass is 446 g/mol. The molecule has 0 spiro atoms. The van der Waals surface area contributed by atoms with Gasteiger partial charge in [0, 0.05) is 32.7 Å². The Balaban J connectivity index is 1.66. The van der Waals surface area contributed by atoms with Crippen LogP contribution in [0.3, 0.4) is 0 Å². The lowest BCUT2D eigenvalue weighted by Gasteiger charge is -2.34. The molecule has 7 heteroatoms. The summed E-state index contributed by atoms with van der Waals surface area (Å²) in [6.07, 6.45) is 0. The predicted molar refractivity (Wildman–Crippen MR) is 123 cm³/mol. The number of methoxy groups -OCH3 is 2. The SMILES string of the molecule is COc1cc(C)c(CN2CCN(S(=O)(=O)c3ccc(C(C)(C)C)cc3)CC2)cc1OC. The third-order valence-electron chi connectivity index (χ3n) is 5.93. The number of aryl methyl sites for hydroxylation is 1. The van der Waals surface area contributed by atoms with Crippen LogP contribution in [-0.4, -0.2) is 58.0 Å². The fraction of sp³-hybridized carbons (Fsp3) is 0.500. The molecule has 3 rings (SSSR count). The van der Waals surface area contributed by atoms with Gasteiger partial charge in [-0.3, -0.25) is 4.90 Å². The Morgan fingerprint density at radius 3 is 1.97 bits per heavy atom. The summed E-state index contributed by atoms with van der Waals surface area (Å²) in [5, 5.41) is 0. The first-order valence-electron chi connectivity index (χ1n) is 10.6. The summed E-state index contributed by atoms with van der Waals surface area (Å²) < 4.78 is 38.6. The van der Waals surface area contributed by atoms with Gasteiger partial charge in [-0.15, -0.1) is 0 Å². The van der Waals surface area contributed by atoms with Crippen molar-refractivity contribution in [2.24, 2.45) is 0 Å². The first-order valence-corrected chi connectivity index (χ1v) is 12.0. The van der Waals surface area contributed by atoms with Crippen molar-refractivity contribution in [3.05, 3.63) is 53.1 Å². The number of sulfonamides is 1. The molecule has 1 fully saturated rings. The van der Waals surface area contributed by atoms with E-state index in [9.17, 15) is 8.42 Å². The van der Waals surface area contributed by atoms with Crippen LogP contribution in [0.5, 0.6) is 11.5 Å². The Labute approximate surface area is 186 Å². The first-order chi connectivity index (χ1) is 14.6. The van der Waals surface area contributed by atoms with Crippen LogP contribution in [0.2, 0.25) is 0 Å². The standard InChI is InChI=1S/C24H34N2O4S/c1-18-15-22(29-5)23(30-6)16-19(18)17-25-11-13-26(14-12-25)31(27,28)21-9-7-20(8-10-21)24(2,3)4/h7-10,15-16H,11-14,17H2,1-6H3. The molecule has 0 N–H and O–H groups in total. The predicted octanol–water partition coefficient (Wildman–Crippen LogP) is 3.82. The second-order valence-corrected chi connectivity index (χ2v) is 11.0. The zero-order valence-electron chi connectivity index (χ0n) is 19.4. The van der Waals surface area contributed by atoms with Gasteiger partial charge in [0.1, 0.15) is 0 Å². The highest BCUT2D eigenvalue weighted by Gasteiger charge is 2.29. The second kappa shape index (κ2) is 9.18. The molecule has 2 aromatic carbocycles.